The van der Waals surface area contributed by atoms with Crippen LogP contribution >= 0.6 is 11.3 Å². The number of nitrogens with two attached hydrogens (primary N) is 1. The van der Waals surface area contributed by atoms with Crippen LogP contribution in [0.2, 0.25) is 0 Å². The van der Waals surface area contributed by atoms with Crippen molar-refractivity contribution in [3.63, 3.8) is 0 Å². The highest BCUT2D eigenvalue weighted by Crippen LogP contribution is 2.29. The minimum Gasteiger partial charge on any atom is -0.323 e. The van der Waals surface area contributed by atoms with E-state index in [1.54, 1.807) is 11.3 Å². The van der Waals surface area contributed by atoms with E-state index in [9.17, 15) is 4.79 Å². The molecule has 78 valence electrons. The van der Waals surface area contributed by atoms with Gasteiger partial charge in [0, 0.05) is 17.8 Å². The zero-order valence-corrected chi connectivity index (χ0v) is 9.52. The van der Waals surface area contributed by atoms with Gasteiger partial charge in [-0.15, -0.1) is 11.3 Å². The smallest absolute Gasteiger partial charge is 0.221 e. The minimum absolute atomic E-state index is 0.0449. The van der Waals surface area contributed by atoms with Crippen molar-refractivity contribution in [1.82, 2.24) is 0 Å². The van der Waals surface area contributed by atoms with Crippen molar-refractivity contribution in [3.05, 3.63) is 17.0 Å². The molecule has 3 nitrogen and oxygen atoms in total. The van der Waals surface area contributed by atoms with Crippen molar-refractivity contribution in [3.8, 4) is 0 Å². The summed E-state index contributed by atoms with van der Waals surface area (Å²) in [6, 6.07) is 3.92. The Balaban J connectivity index is 2.72. The van der Waals surface area contributed by atoms with Crippen LogP contribution in [0.3, 0.4) is 0 Å². The molecule has 1 atom stereocenters. The van der Waals surface area contributed by atoms with E-state index in [0.29, 0.717) is 5.92 Å². The second kappa shape index (κ2) is 4.57. The van der Waals surface area contributed by atoms with Crippen LogP contribution in [0, 0.1) is 5.92 Å². The van der Waals surface area contributed by atoms with Crippen molar-refractivity contribution in [1.29, 1.82) is 0 Å². The Labute approximate surface area is 88.3 Å². The molecule has 0 unspecified atom stereocenters. The first-order valence-electron chi connectivity index (χ1n) is 4.63. The van der Waals surface area contributed by atoms with Gasteiger partial charge in [-0.3, -0.25) is 4.79 Å². The molecule has 0 fully saturated rings. The fourth-order valence-electron chi connectivity index (χ4n) is 1.10. The van der Waals surface area contributed by atoms with Gasteiger partial charge in [0.1, 0.15) is 0 Å². The summed E-state index contributed by atoms with van der Waals surface area (Å²) in [5, 5.41) is 3.61. The quantitative estimate of drug-likeness (QED) is 0.808. The van der Waals surface area contributed by atoms with Gasteiger partial charge in [-0.05, 0) is 18.1 Å². The number of hydrogen-bond donors (Lipinski definition) is 2. The van der Waals surface area contributed by atoms with Crippen molar-refractivity contribution in [2.75, 3.05) is 5.32 Å². The predicted octanol–water partition coefficient (Wildman–Crippen LogP) is 2.36. The largest absolute Gasteiger partial charge is 0.323 e. The summed E-state index contributed by atoms with van der Waals surface area (Å²) in [4.78, 5) is 11.9. The van der Waals surface area contributed by atoms with E-state index in [1.807, 2.05) is 12.1 Å². The highest BCUT2D eigenvalue weighted by Gasteiger charge is 2.12. The van der Waals surface area contributed by atoms with Crippen molar-refractivity contribution in [2.24, 2.45) is 11.7 Å². The molecule has 1 aromatic heterocycles. The lowest BCUT2D eigenvalue weighted by Crippen LogP contribution is -2.14. The number of amides is 1. The molecular formula is C10H16N2OS. The molecule has 1 heterocycles. The van der Waals surface area contributed by atoms with Gasteiger partial charge in [-0.1, -0.05) is 13.8 Å². The van der Waals surface area contributed by atoms with E-state index >= 15 is 0 Å². The van der Waals surface area contributed by atoms with Gasteiger partial charge in [0.2, 0.25) is 5.91 Å². The third-order valence-electron chi connectivity index (χ3n) is 1.97. The standard InChI is InChI=1S/C10H16N2OS/c1-6(2)10(11)8-4-5-9(14-8)12-7(3)13/h4-6,10H,11H2,1-3H3,(H,12,13)/t10-/m0/s1. The van der Waals surface area contributed by atoms with Crippen molar-refractivity contribution in [2.45, 2.75) is 26.8 Å². The number of rotatable bonds is 3. The molecule has 1 rings (SSSR count). The molecule has 0 radical (unpaired) electrons. The third kappa shape index (κ3) is 2.82. The summed E-state index contributed by atoms with van der Waals surface area (Å²) < 4.78 is 0. The van der Waals surface area contributed by atoms with E-state index < -0.39 is 0 Å². The van der Waals surface area contributed by atoms with Crippen LogP contribution in [-0.2, 0) is 4.79 Å². The highest BCUT2D eigenvalue weighted by atomic mass is 32.1. The molecule has 0 spiro atoms. The zero-order valence-electron chi connectivity index (χ0n) is 8.70. The fourth-order valence-corrected chi connectivity index (χ4v) is 2.23. The average molecular weight is 212 g/mol. The summed E-state index contributed by atoms with van der Waals surface area (Å²) in [7, 11) is 0. The molecule has 1 aromatic rings. The fraction of sp³-hybridized carbons (Fsp3) is 0.500. The number of hydrogen-bond acceptors (Lipinski definition) is 3. The SMILES string of the molecule is CC(=O)Nc1ccc([C@@H](N)C(C)C)s1. The Morgan fingerprint density at radius 1 is 1.50 bits per heavy atom. The first-order chi connectivity index (χ1) is 6.50. The van der Waals surface area contributed by atoms with Crippen LogP contribution in [0.5, 0.6) is 0 Å². The Morgan fingerprint density at radius 3 is 2.64 bits per heavy atom. The van der Waals surface area contributed by atoms with Gasteiger partial charge in [0.05, 0.1) is 5.00 Å². The first kappa shape index (κ1) is 11.2. The minimum atomic E-state index is -0.0449. The number of nitrogens with one attached hydrogen (secondary N) is 1. The normalized spacial score (nSPS) is 12.9. The van der Waals surface area contributed by atoms with Crippen molar-refractivity contribution >= 4 is 22.2 Å². The van der Waals surface area contributed by atoms with Gasteiger partial charge < -0.3 is 11.1 Å². The lowest BCUT2D eigenvalue weighted by atomic mass is 10.0. The predicted molar refractivity (Wildman–Crippen MR) is 60.4 cm³/mol. The first-order valence-corrected chi connectivity index (χ1v) is 5.45. The maximum Gasteiger partial charge on any atom is 0.221 e. The van der Waals surface area contributed by atoms with Crippen LogP contribution in [0.15, 0.2) is 12.1 Å². The molecular weight excluding hydrogens is 196 g/mol. The summed E-state index contributed by atoms with van der Waals surface area (Å²) in [5.74, 6) is 0.371. The van der Waals surface area contributed by atoms with Gasteiger partial charge in [-0.25, -0.2) is 0 Å². The Bertz CT molecular complexity index is 320. The number of carbonyl (C=O) groups is 1. The molecule has 0 bridgehead atoms. The van der Waals surface area contributed by atoms with E-state index in [1.165, 1.54) is 6.92 Å². The Hall–Kier alpha value is -0.870. The van der Waals surface area contributed by atoms with E-state index in [-0.39, 0.29) is 11.9 Å². The average Bonchev–Trinajstić information content (AvgIpc) is 2.50. The summed E-state index contributed by atoms with van der Waals surface area (Å²) >= 11 is 1.54. The van der Waals surface area contributed by atoms with Crippen LogP contribution in [0.1, 0.15) is 31.7 Å². The molecule has 0 saturated carbocycles. The third-order valence-corrected chi connectivity index (χ3v) is 3.07. The van der Waals surface area contributed by atoms with Gasteiger partial charge in [-0.2, -0.15) is 0 Å². The van der Waals surface area contributed by atoms with Gasteiger partial charge >= 0.3 is 0 Å². The maximum absolute atomic E-state index is 10.8. The van der Waals surface area contributed by atoms with Crippen LogP contribution in [0.4, 0.5) is 5.00 Å². The van der Waals surface area contributed by atoms with E-state index in [0.717, 1.165) is 9.88 Å². The maximum atomic E-state index is 10.8. The van der Waals surface area contributed by atoms with Crippen LogP contribution < -0.4 is 11.1 Å². The van der Waals surface area contributed by atoms with E-state index in [2.05, 4.69) is 19.2 Å². The lowest BCUT2D eigenvalue weighted by Gasteiger charge is -2.12. The number of carbonyl (C=O) groups excluding carboxylic acids is 1. The highest BCUT2D eigenvalue weighted by molar-refractivity contribution is 7.16. The summed E-state index contributed by atoms with van der Waals surface area (Å²) in [5.41, 5.74) is 5.98. The second-order valence-corrected chi connectivity index (χ2v) is 4.77. The summed E-state index contributed by atoms with van der Waals surface area (Å²) in [6.07, 6.45) is 0. The molecule has 14 heavy (non-hydrogen) atoms. The number of anilines is 1. The molecule has 0 aromatic carbocycles. The molecule has 0 aliphatic carbocycles. The monoisotopic (exact) mass is 212 g/mol. The van der Waals surface area contributed by atoms with Crippen LogP contribution in [0.25, 0.3) is 0 Å². The second-order valence-electron chi connectivity index (χ2n) is 3.65. The Morgan fingerprint density at radius 2 is 2.14 bits per heavy atom. The topological polar surface area (TPSA) is 55.1 Å². The Kier molecular flexibility index (Phi) is 3.66. The zero-order chi connectivity index (χ0) is 10.7. The molecule has 0 saturated heterocycles. The molecule has 1 amide bonds. The lowest BCUT2D eigenvalue weighted by molar-refractivity contribution is -0.114. The van der Waals surface area contributed by atoms with Crippen molar-refractivity contribution < 1.29 is 4.79 Å². The van der Waals surface area contributed by atoms with Gasteiger partial charge in [0.15, 0.2) is 0 Å². The molecule has 4 heteroatoms. The summed E-state index contributed by atoms with van der Waals surface area (Å²) in [6.45, 7) is 5.67. The molecule has 0 aliphatic heterocycles. The molecule has 3 N–H and O–H groups in total. The van der Waals surface area contributed by atoms with E-state index in [4.69, 9.17) is 5.73 Å². The molecule has 0 aliphatic rings. The van der Waals surface area contributed by atoms with Gasteiger partial charge in [0.25, 0.3) is 0 Å². The number of thiophene rings is 1. The van der Waals surface area contributed by atoms with Crippen LogP contribution in [-0.4, -0.2) is 5.91 Å².